The van der Waals surface area contributed by atoms with E-state index in [1.54, 1.807) is 0 Å². The Hall–Kier alpha value is -2.94. The lowest BCUT2D eigenvalue weighted by atomic mass is 10.1. The van der Waals surface area contributed by atoms with Crippen molar-refractivity contribution in [2.24, 2.45) is 11.6 Å². The van der Waals surface area contributed by atoms with Gasteiger partial charge in [-0.1, -0.05) is 0 Å². The monoisotopic (exact) mass is 293 g/mol. The number of H-pyrrole nitrogens is 1. The van der Waals surface area contributed by atoms with Crippen molar-refractivity contribution in [1.82, 2.24) is 9.97 Å². The number of Topliss-reactive ketones (excluding diaryl/α,β-unsaturated/α-hetero) is 1. The molecule has 0 radical (unpaired) electrons. The summed E-state index contributed by atoms with van der Waals surface area (Å²) in [7, 11) is 0. The first-order valence-electron chi connectivity index (χ1n) is 5.78. The predicted octanol–water partition coefficient (Wildman–Crippen LogP) is 0.00820. The number of hydrogen-bond acceptors (Lipinski definition) is 6. The molecule has 0 aliphatic heterocycles. The third-order valence-electron chi connectivity index (χ3n) is 2.81. The number of carboxylic acid groups (broad SMARTS) is 1. The van der Waals surface area contributed by atoms with Crippen LogP contribution >= 0.6 is 0 Å². The highest BCUT2D eigenvalue weighted by molar-refractivity contribution is 6.33. The molecule has 2 heterocycles. The van der Waals surface area contributed by atoms with Gasteiger partial charge in [-0.25, -0.2) is 20.0 Å². The quantitative estimate of drug-likeness (QED) is 0.346. The van der Waals surface area contributed by atoms with E-state index in [1.807, 2.05) is 0 Å². The van der Waals surface area contributed by atoms with E-state index >= 15 is 0 Å². The van der Waals surface area contributed by atoms with E-state index in [1.165, 1.54) is 18.6 Å². The molecule has 8 nitrogen and oxygen atoms in total. The Morgan fingerprint density at radius 3 is 2.86 bits per heavy atom. The summed E-state index contributed by atoms with van der Waals surface area (Å²) in [5.41, 5.74) is 5.67. The smallest absolute Gasteiger partial charge is 0.372 e. The largest absolute Gasteiger partial charge is 0.475 e. The fourth-order valence-corrected chi connectivity index (χ4v) is 1.91. The second-order valence-corrected chi connectivity index (χ2v) is 4.15. The molecule has 0 saturated heterocycles. The molecule has 2 rings (SSSR count). The fourth-order valence-electron chi connectivity index (χ4n) is 1.91. The van der Waals surface area contributed by atoms with Crippen molar-refractivity contribution in [2.45, 2.75) is 6.42 Å². The summed E-state index contributed by atoms with van der Waals surface area (Å²) < 4.78 is 13.9. The zero-order chi connectivity index (χ0) is 15.6. The number of nitrogens with zero attached hydrogens (tertiary/aromatic N) is 2. The molecule has 6 N–H and O–H groups in total. The second-order valence-electron chi connectivity index (χ2n) is 4.15. The number of fused-ring (bicyclic) bond motifs is 1. The lowest BCUT2D eigenvalue weighted by Crippen LogP contribution is -2.26. The molecular weight excluding hydrogens is 281 g/mol. The summed E-state index contributed by atoms with van der Waals surface area (Å²) in [6, 6.07) is 0. The van der Waals surface area contributed by atoms with Crippen LogP contribution in [0.4, 0.5) is 10.2 Å². The number of hydrogen-bond donors (Lipinski definition) is 4. The van der Waals surface area contributed by atoms with Crippen LogP contribution in [0.3, 0.4) is 0 Å². The summed E-state index contributed by atoms with van der Waals surface area (Å²) in [5.74, 6) is 2.56. The maximum Gasteiger partial charge on any atom is 0.372 e. The van der Waals surface area contributed by atoms with E-state index in [0.29, 0.717) is 0 Å². The number of anilines is 1. The van der Waals surface area contributed by atoms with Gasteiger partial charge >= 0.3 is 5.97 Å². The SMILES string of the molecule is N/C=C\N(N)c1ncc(F)c2c(CC(=O)C(=O)O)c[nH]c12. The van der Waals surface area contributed by atoms with Gasteiger partial charge in [0.05, 0.1) is 11.7 Å². The lowest BCUT2D eigenvalue weighted by molar-refractivity contribution is -0.148. The third kappa shape index (κ3) is 2.67. The highest BCUT2D eigenvalue weighted by Gasteiger charge is 2.20. The van der Waals surface area contributed by atoms with Crippen molar-refractivity contribution in [3.8, 4) is 0 Å². The third-order valence-corrected chi connectivity index (χ3v) is 2.81. The first kappa shape index (κ1) is 14.5. The van der Waals surface area contributed by atoms with Crippen molar-refractivity contribution in [2.75, 3.05) is 5.01 Å². The molecule has 0 spiro atoms. The van der Waals surface area contributed by atoms with Crippen LogP contribution in [0.2, 0.25) is 0 Å². The first-order chi connectivity index (χ1) is 9.95. The van der Waals surface area contributed by atoms with Gasteiger partial charge in [0, 0.05) is 30.4 Å². The topological polar surface area (TPSA) is 138 Å². The van der Waals surface area contributed by atoms with Crippen LogP contribution in [0.5, 0.6) is 0 Å². The minimum absolute atomic E-state index is 0.0653. The number of carbonyl (C=O) groups excluding carboxylic acids is 1. The highest BCUT2D eigenvalue weighted by atomic mass is 19.1. The van der Waals surface area contributed by atoms with Crippen LogP contribution in [0, 0.1) is 5.82 Å². The van der Waals surface area contributed by atoms with Gasteiger partial charge in [-0.3, -0.25) is 9.80 Å². The summed E-state index contributed by atoms with van der Waals surface area (Å²) in [4.78, 5) is 28.4. The number of nitrogens with one attached hydrogen (secondary N) is 1. The molecular formula is C12H12FN5O3. The van der Waals surface area contributed by atoms with Crippen molar-refractivity contribution in [1.29, 1.82) is 0 Å². The molecule has 0 amide bonds. The molecule has 0 aromatic carbocycles. The number of carbonyl (C=O) groups is 2. The van der Waals surface area contributed by atoms with E-state index in [9.17, 15) is 14.0 Å². The number of aliphatic carboxylic acids is 1. The van der Waals surface area contributed by atoms with Crippen LogP contribution in [-0.2, 0) is 16.0 Å². The fraction of sp³-hybridized carbons (Fsp3) is 0.0833. The van der Waals surface area contributed by atoms with Gasteiger partial charge in [0.2, 0.25) is 5.78 Å². The summed E-state index contributed by atoms with van der Waals surface area (Å²) in [6.45, 7) is 0. The molecule has 110 valence electrons. The van der Waals surface area contributed by atoms with Crippen LogP contribution in [-0.4, -0.2) is 26.8 Å². The van der Waals surface area contributed by atoms with E-state index in [2.05, 4.69) is 9.97 Å². The average Bonchev–Trinajstić information content (AvgIpc) is 2.84. The molecule has 0 atom stereocenters. The van der Waals surface area contributed by atoms with Gasteiger partial charge in [-0.2, -0.15) is 0 Å². The van der Waals surface area contributed by atoms with E-state index in [0.717, 1.165) is 11.2 Å². The molecule has 0 bridgehead atoms. The molecule has 0 aliphatic rings. The number of halogens is 1. The standard InChI is InChI=1S/C12H12FN5O3/c13-7-5-17-11(18(15)2-1-14)10-9(7)6(4-16-10)3-8(19)12(20)21/h1-2,4-5,16H,3,14-15H2,(H,20,21)/b2-1-. The molecule has 2 aromatic rings. The Bertz CT molecular complexity index is 740. The summed E-state index contributed by atoms with van der Waals surface area (Å²) in [5, 5.41) is 9.75. The number of aromatic amines is 1. The minimum Gasteiger partial charge on any atom is -0.475 e. The number of nitrogens with two attached hydrogens (primary N) is 2. The number of aromatic nitrogens is 2. The zero-order valence-electron chi connectivity index (χ0n) is 10.7. The van der Waals surface area contributed by atoms with Gasteiger partial charge in [0.15, 0.2) is 11.6 Å². The Labute approximate surface area is 117 Å². The van der Waals surface area contributed by atoms with E-state index in [4.69, 9.17) is 16.7 Å². The number of ketones is 1. The second kappa shape index (κ2) is 5.59. The molecule has 0 fully saturated rings. The van der Waals surface area contributed by atoms with Crippen LogP contribution in [0.15, 0.2) is 24.8 Å². The Balaban J connectivity index is 2.54. The Kier molecular flexibility index (Phi) is 3.85. The summed E-state index contributed by atoms with van der Waals surface area (Å²) in [6.07, 6.45) is 4.33. The van der Waals surface area contributed by atoms with Crippen LogP contribution < -0.4 is 16.6 Å². The van der Waals surface area contributed by atoms with Crippen molar-refractivity contribution in [3.05, 3.63) is 36.2 Å². The first-order valence-corrected chi connectivity index (χ1v) is 5.78. The molecule has 0 saturated carbocycles. The Morgan fingerprint density at radius 2 is 2.24 bits per heavy atom. The number of hydrazine groups is 1. The van der Waals surface area contributed by atoms with E-state index < -0.39 is 24.0 Å². The normalized spacial score (nSPS) is 11.1. The molecule has 0 aliphatic carbocycles. The molecule has 2 aromatic heterocycles. The minimum atomic E-state index is -1.58. The number of rotatable bonds is 5. The maximum atomic E-state index is 13.9. The van der Waals surface area contributed by atoms with Crippen molar-refractivity contribution >= 4 is 28.5 Å². The molecule has 9 heteroatoms. The average molecular weight is 293 g/mol. The summed E-state index contributed by atoms with van der Waals surface area (Å²) >= 11 is 0. The molecule has 0 unspecified atom stereocenters. The van der Waals surface area contributed by atoms with Crippen LogP contribution in [0.25, 0.3) is 10.9 Å². The predicted molar refractivity (Wildman–Crippen MR) is 72.4 cm³/mol. The van der Waals surface area contributed by atoms with Gasteiger partial charge < -0.3 is 15.8 Å². The maximum absolute atomic E-state index is 13.9. The van der Waals surface area contributed by atoms with Gasteiger partial charge in [-0.05, 0) is 5.56 Å². The number of carboxylic acids is 1. The van der Waals surface area contributed by atoms with Gasteiger partial charge in [-0.15, -0.1) is 0 Å². The lowest BCUT2D eigenvalue weighted by Gasteiger charge is -2.13. The van der Waals surface area contributed by atoms with E-state index in [-0.39, 0.29) is 22.3 Å². The van der Waals surface area contributed by atoms with Crippen LogP contribution in [0.1, 0.15) is 5.56 Å². The molecule has 21 heavy (non-hydrogen) atoms. The number of pyridine rings is 1. The Morgan fingerprint density at radius 1 is 1.52 bits per heavy atom. The van der Waals surface area contributed by atoms with Crippen molar-refractivity contribution < 1.29 is 19.1 Å². The van der Waals surface area contributed by atoms with Gasteiger partial charge in [0.1, 0.15) is 0 Å². The highest BCUT2D eigenvalue weighted by Crippen LogP contribution is 2.28. The zero-order valence-corrected chi connectivity index (χ0v) is 10.7. The van der Waals surface area contributed by atoms with Crippen molar-refractivity contribution in [3.63, 3.8) is 0 Å². The van der Waals surface area contributed by atoms with Gasteiger partial charge in [0.25, 0.3) is 0 Å².